The fourth-order valence-electron chi connectivity index (χ4n) is 1.38. The number of H-pyrrole nitrogens is 1. The van der Waals surface area contributed by atoms with Crippen LogP contribution in [0.25, 0.3) is 0 Å². The molecular formula is C10H13NO2. The lowest BCUT2D eigenvalue weighted by Gasteiger charge is -2.02. The minimum Gasteiger partial charge on any atom is -0.326 e. The van der Waals surface area contributed by atoms with Crippen LogP contribution in [0.2, 0.25) is 0 Å². The van der Waals surface area contributed by atoms with Gasteiger partial charge in [0.25, 0.3) is 5.56 Å². The summed E-state index contributed by atoms with van der Waals surface area (Å²) in [6.07, 6.45) is 0.368. The molecule has 1 heterocycles. The van der Waals surface area contributed by atoms with Crippen molar-refractivity contribution in [2.45, 2.75) is 27.2 Å². The highest BCUT2D eigenvalue weighted by Gasteiger charge is 2.11. The first-order valence-corrected chi connectivity index (χ1v) is 4.30. The lowest BCUT2D eigenvalue weighted by atomic mass is 10.1. The van der Waals surface area contributed by atoms with Gasteiger partial charge in [-0.2, -0.15) is 0 Å². The average molecular weight is 179 g/mol. The molecule has 3 heteroatoms. The van der Waals surface area contributed by atoms with E-state index in [1.54, 1.807) is 20.8 Å². The van der Waals surface area contributed by atoms with Gasteiger partial charge in [0, 0.05) is 12.1 Å². The summed E-state index contributed by atoms with van der Waals surface area (Å²) >= 11 is 0. The third-order valence-corrected chi connectivity index (χ3v) is 1.97. The first-order valence-electron chi connectivity index (χ1n) is 4.30. The molecule has 0 amide bonds. The number of rotatable bonds is 2. The summed E-state index contributed by atoms with van der Waals surface area (Å²) in [5.41, 5.74) is 1.57. The molecule has 1 rings (SSSR count). The van der Waals surface area contributed by atoms with Gasteiger partial charge in [0.2, 0.25) is 0 Å². The molecule has 0 aliphatic heterocycles. The highest BCUT2D eigenvalue weighted by atomic mass is 16.1. The summed E-state index contributed by atoms with van der Waals surface area (Å²) in [4.78, 5) is 25.3. The molecule has 0 saturated heterocycles. The van der Waals surface area contributed by atoms with Crippen LogP contribution in [0, 0.1) is 13.8 Å². The molecule has 13 heavy (non-hydrogen) atoms. The number of ketones is 1. The zero-order chi connectivity index (χ0) is 10.0. The quantitative estimate of drug-likeness (QED) is 0.701. The van der Waals surface area contributed by atoms with E-state index in [1.165, 1.54) is 0 Å². The molecule has 0 aliphatic carbocycles. The fourth-order valence-corrected chi connectivity index (χ4v) is 1.38. The predicted octanol–water partition coefficient (Wildman–Crippen LogP) is 1.58. The van der Waals surface area contributed by atoms with Crippen molar-refractivity contribution in [3.05, 3.63) is 33.2 Å². The van der Waals surface area contributed by atoms with E-state index in [4.69, 9.17) is 0 Å². The highest BCUT2D eigenvalue weighted by Crippen LogP contribution is 2.05. The van der Waals surface area contributed by atoms with Gasteiger partial charge in [0.05, 0.1) is 5.56 Å². The predicted molar refractivity (Wildman–Crippen MR) is 51.2 cm³/mol. The van der Waals surface area contributed by atoms with Crippen molar-refractivity contribution in [3.63, 3.8) is 0 Å². The number of aryl methyl sites for hydroxylation is 2. The molecule has 1 N–H and O–H groups in total. The number of hydrogen-bond donors (Lipinski definition) is 1. The van der Waals surface area contributed by atoms with Crippen LogP contribution in [0.15, 0.2) is 10.9 Å². The second-order valence-corrected chi connectivity index (χ2v) is 3.12. The van der Waals surface area contributed by atoms with Crippen LogP contribution in [-0.2, 0) is 0 Å². The number of aromatic nitrogens is 1. The zero-order valence-electron chi connectivity index (χ0n) is 8.10. The van der Waals surface area contributed by atoms with Gasteiger partial charge in [0.15, 0.2) is 5.78 Å². The van der Waals surface area contributed by atoms with E-state index in [-0.39, 0.29) is 11.3 Å². The number of aromatic amines is 1. The van der Waals surface area contributed by atoms with Crippen molar-refractivity contribution >= 4 is 5.78 Å². The maximum atomic E-state index is 11.4. The molecule has 0 atom stereocenters. The maximum absolute atomic E-state index is 11.4. The summed E-state index contributed by atoms with van der Waals surface area (Å²) < 4.78 is 0. The molecule has 0 saturated carbocycles. The fraction of sp³-hybridized carbons (Fsp3) is 0.400. The Morgan fingerprint density at radius 2 is 2.08 bits per heavy atom. The van der Waals surface area contributed by atoms with Gasteiger partial charge in [-0.05, 0) is 25.5 Å². The number of carbonyl (C=O) groups excluding carboxylic acids is 1. The number of Topliss-reactive ketones (excluding diaryl/α,β-unsaturated/α-hetero) is 1. The van der Waals surface area contributed by atoms with E-state index < -0.39 is 0 Å². The van der Waals surface area contributed by atoms with Crippen molar-refractivity contribution in [3.8, 4) is 0 Å². The lowest BCUT2D eigenvalue weighted by Crippen LogP contribution is -2.19. The Kier molecular flexibility index (Phi) is 2.66. The first kappa shape index (κ1) is 9.71. The molecule has 1 aromatic rings. The summed E-state index contributed by atoms with van der Waals surface area (Å²) in [5.74, 6) is -0.0984. The molecular weight excluding hydrogens is 166 g/mol. The van der Waals surface area contributed by atoms with Crippen LogP contribution in [0.5, 0.6) is 0 Å². The van der Waals surface area contributed by atoms with Crippen molar-refractivity contribution in [2.75, 3.05) is 0 Å². The van der Waals surface area contributed by atoms with Gasteiger partial charge >= 0.3 is 0 Å². The minimum absolute atomic E-state index is 0.0984. The monoisotopic (exact) mass is 179 g/mol. The highest BCUT2D eigenvalue weighted by molar-refractivity contribution is 5.96. The molecule has 0 spiro atoms. The van der Waals surface area contributed by atoms with Gasteiger partial charge in [-0.15, -0.1) is 0 Å². The molecule has 0 unspecified atom stereocenters. The third kappa shape index (κ3) is 1.86. The van der Waals surface area contributed by atoms with Crippen LogP contribution in [0.3, 0.4) is 0 Å². The van der Waals surface area contributed by atoms with Crippen molar-refractivity contribution < 1.29 is 4.79 Å². The number of hydrogen-bond acceptors (Lipinski definition) is 2. The lowest BCUT2D eigenvalue weighted by molar-refractivity contribution is 0.0986. The third-order valence-electron chi connectivity index (χ3n) is 1.97. The molecule has 70 valence electrons. The number of carbonyl (C=O) groups is 1. The maximum Gasteiger partial charge on any atom is 0.259 e. The molecule has 3 nitrogen and oxygen atoms in total. The number of pyridine rings is 1. The molecule has 0 radical (unpaired) electrons. The second-order valence-electron chi connectivity index (χ2n) is 3.12. The van der Waals surface area contributed by atoms with E-state index in [9.17, 15) is 9.59 Å². The van der Waals surface area contributed by atoms with Gasteiger partial charge < -0.3 is 4.98 Å². The van der Waals surface area contributed by atoms with Gasteiger partial charge in [-0.3, -0.25) is 9.59 Å². The average Bonchev–Trinajstić information content (AvgIpc) is 2.02. The van der Waals surface area contributed by atoms with Gasteiger partial charge in [-0.1, -0.05) is 6.92 Å². The SMILES string of the molecule is CCC(=O)c1c(C)cc(C)[nH]c1=O. The van der Waals surface area contributed by atoms with Crippen LogP contribution in [0.4, 0.5) is 0 Å². The summed E-state index contributed by atoms with van der Waals surface area (Å²) in [6.45, 7) is 5.33. The molecule has 0 aliphatic rings. The van der Waals surface area contributed by atoms with Crippen molar-refractivity contribution in [1.29, 1.82) is 0 Å². The molecule has 0 bridgehead atoms. The van der Waals surface area contributed by atoms with Crippen LogP contribution in [-0.4, -0.2) is 10.8 Å². The molecule has 0 aromatic carbocycles. The summed E-state index contributed by atoms with van der Waals surface area (Å²) in [5, 5.41) is 0. The summed E-state index contributed by atoms with van der Waals surface area (Å²) in [6, 6.07) is 1.81. The summed E-state index contributed by atoms with van der Waals surface area (Å²) in [7, 11) is 0. The zero-order valence-corrected chi connectivity index (χ0v) is 8.10. The van der Waals surface area contributed by atoms with Crippen molar-refractivity contribution in [2.24, 2.45) is 0 Å². The standard InChI is InChI=1S/C10H13NO2/c1-4-8(12)9-6(2)5-7(3)11-10(9)13/h5H,4H2,1-3H3,(H,11,13). The topological polar surface area (TPSA) is 49.9 Å². The van der Waals surface area contributed by atoms with E-state index in [2.05, 4.69) is 4.98 Å². The molecule has 0 fully saturated rings. The Balaban J connectivity index is 3.38. The van der Waals surface area contributed by atoms with Crippen molar-refractivity contribution in [1.82, 2.24) is 4.98 Å². The van der Waals surface area contributed by atoms with Crippen LogP contribution < -0.4 is 5.56 Å². The van der Waals surface area contributed by atoms with Crippen LogP contribution >= 0.6 is 0 Å². The largest absolute Gasteiger partial charge is 0.326 e. The van der Waals surface area contributed by atoms with E-state index in [1.807, 2.05) is 6.07 Å². The Hall–Kier alpha value is -1.38. The Bertz CT molecular complexity index is 390. The Morgan fingerprint density at radius 3 is 2.54 bits per heavy atom. The second kappa shape index (κ2) is 3.56. The van der Waals surface area contributed by atoms with Gasteiger partial charge in [0.1, 0.15) is 0 Å². The smallest absolute Gasteiger partial charge is 0.259 e. The van der Waals surface area contributed by atoms with E-state index in [0.717, 1.165) is 11.3 Å². The normalized spacial score (nSPS) is 10.1. The molecule has 1 aromatic heterocycles. The Labute approximate surface area is 76.8 Å². The number of nitrogens with one attached hydrogen (secondary N) is 1. The minimum atomic E-state index is -0.274. The van der Waals surface area contributed by atoms with E-state index >= 15 is 0 Å². The van der Waals surface area contributed by atoms with Crippen LogP contribution in [0.1, 0.15) is 35.0 Å². The first-order chi connectivity index (χ1) is 6.06. The Morgan fingerprint density at radius 1 is 1.46 bits per heavy atom. The van der Waals surface area contributed by atoms with E-state index in [0.29, 0.717) is 12.0 Å². The van der Waals surface area contributed by atoms with Gasteiger partial charge in [-0.25, -0.2) is 0 Å².